The summed E-state index contributed by atoms with van der Waals surface area (Å²) in [4.78, 5) is 23.9. The number of ether oxygens (including phenoxy) is 1. The second kappa shape index (κ2) is 8.82. The number of hydrogen-bond acceptors (Lipinski definition) is 5. The molecule has 2 rings (SSSR count). The van der Waals surface area contributed by atoms with Crippen molar-refractivity contribution < 1.29 is 19.4 Å². The Balaban J connectivity index is 1.98. The molecule has 1 aromatic carbocycles. The smallest absolute Gasteiger partial charge is 0.308 e. The van der Waals surface area contributed by atoms with E-state index in [1.807, 2.05) is 38.1 Å². The van der Waals surface area contributed by atoms with Crippen LogP contribution in [0.1, 0.15) is 31.9 Å². The molecule has 25 heavy (non-hydrogen) atoms. The van der Waals surface area contributed by atoms with Crippen LogP contribution in [0.2, 0.25) is 0 Å². The van der Waals surface area contributed by atoms with E-state index in [1.54, 1.807) is 7.11 Å². The number of carboxylic acids is 1. The van der Waals surface area contributed by atoms with E-state index in [9.17, 15) is 14.7 Å². The minimum atomic E-state index is -0.872. The molecule has 7 nitrogen and oxygen atoms in total. The van der Waals surface area contributed by atoms with E-state index in [1.165, 1.54) is 0 Å². The van der Waals surface area contributed by atoms with Crippen molar-refractivity contribution in [1.82, 2.24) is 16.2 Å². The standard InChI is InChI=1S/C18H27N3O4/c1-11(2)8-13(18(23)24)9-19-17(22)15-10-20-21-16(15)12-4-6-14(25-3)7-5-12/h4-7,11,13,15-16,20-21H,8-10H2,1-3H3,(H,19,22)(H,23,24). The number of benzene rings is 1. The third kappa shape index (κ3) is 5.17. The fraction of sp³-hybridized carbons (Fsp3) is 0.556. The predicted molar refractivity (Wildman–Crippen MR) is 94.0 cm³/mol. The number of aliphatic carboxylic acids is 1. The van der Waals surface area contributed by atoms with Crippen LogP contribution in [0.25, 0.3) is 0 Å². The summed E-state index contributed by atoms with van der Waals surface area (Å²) < 4.78 is 5.15. The molecule has 0 bridgehead atoms. The lowest BCUT2D eigenvalue weighted by Crippen LogP contribution is -2.39. The first-order valence-electron chi connectivity index (χ1n) is 8.55. The molecule has 1 fully saturated rings. The number of carbonyl (C=O) groups excluding carboxylic acids is 1. The lowest BCUT2D eigenvalue weighted by Gasteiger charge is -2.20. The summed E-state index contributed by atoms with van der Waals surface area (Å²) in [5.41, 5.74) is 7.11. The predicted octanol–water partition coefficient (Wildman–Crippen LogP) is 1.32. The maximum atomic E-state index is 12.6. The van der Waals surface area contributed by atoms with Crippen molar-refractivity contribution in [3.05, 3.63) is 29.8 Å². The van der Waals surface area contributed by atoms with Crippen LogP contribution in [-0.4, -0.2) is 37.2 Å². The van der Waals surface area contributed by atoms with Gasteiger partial charge in [0, 0.05) is 13.1 Å². The minimum absolute atomic E-state index is 0.145. The first-order chi connectivity index (χ1) is 11.9. The summed E-state index contributed by atoms with van der Waals surface area (Å²) >= 11 is 0. The molecule has 138 valence electrons. The molecule has 0 saturated carbocycles. The largest absolute Gasteiger partial charge is 0.497 e. The highest BCUT2D eigenvalue weighted by Crippen LogP contribution is 2.26. The average Bonchev–Trinajstić information content (AvgIpc) is 3.07. The van der Waals surface area contributed by atoms with Gasteiger partial charge in [-0.05, 0) is 30.0 Å². The van der Waals surface area contributed by atoms with Gasteiger partial charge in [0.25, 0.3) is 0 Å². The SMILES string of the molecule is COc1ccc(C2NNCC2C(=O)NCC(CC(C)C)C(=O)O)cc1. The summed E-state index contributed by atoms with van der Waals surface area (Å²) in [7, 11) is 1.61. The number of hydrogen-bond donors (Lipinski definition) is 4. The lowest BCUT2D eigenvalue weighted by atomic mass is 9.93. The van der Waals surface area contributed by atoms with Crippen LogP contribution in [0, 0.1) is 17.8 Å². The molecule has 7 heteroatoms. The van der Waals surface area contributed by atoms with Crippen LogP contribution in [0.5, 0.6) is 5.75 Å². The first-order valence-corrected chi connectivity index (χ1v) is 8.55. The number of carbonyl (C=O) groups is 2. The van der Waals surface area contributed by atoms with Crippen molar-refractivity contribution in [2.45, 2.75) is 26.3 Å². The molecule has 0 aliphatic carbocycles. The number of rotatable bonds is 8. The van der Waals surface area contributed by atoms with Gasteiger partial charge in [-0.1, -0.05) is 26.0 Å². The maximum Gasteiger partial charge on any atom is 0.308 e. The van der Waals surface area contributed by atoms with Crippen molar-refractivity contribution in [2.75, 3.05) is 20.2 Å². The Hall–Kier alpha value is -2.12. The highest BCUT2D eigenvalue weighted by molar-refractivity contribution is 5.81. The van der Waals surface area contributed by atoms with Gasteiger partial charge in [-0.25, -0.2) is 5.43 Å². The number of methoxy groups -OCH3 is 1. The Morgan fingerprint density at radius 1 is 1.32 bits per heavy atom. The second-order valence-corrected chi connectivity index (χ2v) is 6.79. The Morgan fingerprint density at radius 3 is 2.56 bits per heavy atom. The van der Waals surface area contributed by atoms with E-state index in [-0.39, 0.29) is 30.3 Å². The molecular formula is C18H27N3O4. The quantitative estimate of drug-likeness (QED) is 0.565. The van der Waals surface area contributed by atoms with Gasteiger partial charge >= 0.3 is 5.97 Å². The molecule has 1 aromatic rings. The highest BCUT2D eigenvalue weighted by Gasteiger charge is 2.34. The molecular weight excluding hydrogens is 322 g/mol. The van der Waals surface area contributed by atoms with Crippen molar-refractivity contribution in [3.63, 3.8) is 0 Å². The van der Waals surface area contributed by atoms with E-state index in [0.717, 1.165) is 11.3 Å². The van der Waals surface area contributed by atoms with E-state index in [4.69, 9.17) is 4.74 Å². The fourth-order valence-electron chi connectivity index (χ4n) is 3.06. The lowest BCUT2D eigenvalue weighted by molar-refractivity contribution is -0.142. The van der Waals surface area contributed by atoms with Gasteiger partial charge in [0.05, 0.1) is 25.0 Å². The highest BCUT2D eigenvalue weighted by atomic mass is 16.5. The van der Waals surface area contributed by atoms with Gasteiger partial charge in [0.2, 0.25) is 5.91 Å². The summed E-state index contributed by atoms with van der Waals surface area (Å²) in [6.07, 6.45) is 0.540. The van der Waals surface area contributed by atoms with Crippen LogP contribution in [0.4, 0.5) is 0 Å². The first kappa shape index (κ1) is 19.2. The molecule has 1 amide bonds. The molecule has 0 radical (unpaired) electrons. The van der Waals surface area contributed by atoms with Crippen molar-refractivity contribution in [3.8, 4) is 5.75 Å². The Bertz CT molecular complexity index is 588. The van der Waals surface area contributed by atoms with Gasteiger partial charge in [-0.2, -0.15) is 0 Å². The zero-order chi connectivity index (χ0) is 18.4. The number of hydrazine groups is 1. The van der Waals surface area contributed by atoms with Gasteiger partial charge in [-0.3, -0.25) is 15.0 Å². The number of nitrogens with one attached hydrogen (secondary N) is 3. The molecule has 1 heterocycles. The Labute approximate surface area is 148 Å². The minimum Gasteiger partial charge on any atom is -0.497 e. The van der Waals surface area contributed by atoms with Gasteiger partial charge in [0.15, 0.2) is 0 Å². The summed E-state index contributed by atoms with van der Waals surface area (Å²) in [6.45, 7) is 4.59. The monoisotopic (exact) mass is 349 g/mol. The molecule has 1 aliphatic rings. The van der Waals surface area contributed by atoms with E-state index >= 15 is 0 Å². The van der Waals surface area contributed by atoms with Gasteiger partial charge in [-0.15, -0.1) is 0 Å². The molecule has 1 saturated heterocycles. The van der Waals surface area contributed by atoms with E-state index in [2.05, 4.69) is 16.2 Å². The third-order valence-corrected chi connectivity index (χ3v) is 4.42. The molecule has 3 unspecified atom stereocenters. The van der Waals surface area contributed by atoms with Gasteiger partial charge < -0.3 is 15.2 Å². The maximum absolute atomic E-state index is 12.6. The van der Waals surface area contributed by atoms with Gasteiger partial charge in [0.1, 0.15) is 5.75 Å². The van der Waals surface area contributed by atoms with Crippen LogP contribution >= 0.6 is 0 Å². The van der Waals surface area contributed by atoms with Crippen LogP contribution in [0.15, 0.2) is 24.3 Å². The molecule has 0 spiro atoms. The summed E-state index contributed by atoms with van der Waals surface area (Å²) in [6, 6.07) is 7.38. The molecule has 0 aromatic heterocycles. The van der Waals surface area contributed by atoms with E-state index < -0.39 is 11.9 Å². The second-order valence-electron chi connectivity index (χ2n) is 6.79. The van der Waals surface area contributed by atoms with Crippen molar-refractivity contribution in [2.24, 2.45) is 17.8 Å². The topological polar surface area (TPSA) is 99.7 Å². The number of amides is 1. The van der Waals surface area contributed by atoms with Crippen LogP contribution in [0.3, 0.4) is 0 Å². The molecule has 1 aliphatic heterocycles. The summed E-state index contributed by atoms with van der Waals surface area (Å²) in [5, 5.41) is 12.1. The fourth-order valence-corrected chi connectivity index (χ4v) is 3.06. The Morgan fingerprint density at radius 2 is 2.00 bits per heavy atom. The van der Waals surface area contributed by atoms with Crippen LogP contribution in [-0.2, 0) is 9.59 Å². The molecule has 4 N–H and O–H groups in total. The zero-order valence-electron chi connectivity index (χ0n) is 14.9. The summed E-state index contributed by atoms with van der Waals surface area (Å²) in [5.74, 6) is -0.863. The number of carboxylic acid groups (broad SMARTS) is 1. The van der Waals surface area contributed by atoms with Crippen LogP contribution < -0.4 is 20.9 Å². The van der Waals surface area contributed by atoms with Crippen molar-refractivity contribution >= 4 is 11.9 Å². The molecule has 3 atom stereocenters. The normalized spacial score (nSPS) is 21.1. The Kier molecular flexibility index (Phi) is 6.78. The van der Waals surface area contributed by atoms with Crippen molar-refractivity contribution in [1.29, 1.82) is 0 Å². The average molecular weight is 349 g/mol. The third-order valence-electron chi connectivity index (χ3n) is 4.42. The zero-order valence-corrected chi connectivity index (χ0v) is 14.9. The van der Waals surface area contributed by atoms with E-state index in [0.29, 0.717) is 13.0 Å².